The van der Waals surface area contributed by atoms with E-state index in [9.17, 15) is 31.5 Å². The lowest BCUT2D eigenvalue weighted by Crippen LogP contribution is -2.49. The van der Waals surface area contributed by atoms with E-state index in [2.05, 4.69) is 10.6 Å². The molecule has 0 aromatic heterocycles. The molecule has 5 nitrogen and oxygen atoms in total. The molecule has 0 bridgehead atoms. The zero-order chi connectivity index (χ0) is 25.8. The molecule has 36 heavy (non-hydrogen) atoms. The first-order valence-corrected chi connectivity index (χ1v) is 11.3. The van der Waals surface area contributed by atoms with Crippen molar-refractivity contribution in [2.75, 3.05) is 16.8 Å². The van der Waals surface area contributed by atoms with Crippen LogP contribution in [0.1, 0.15) is 45.1 Å². The van der Waals surface area contributed by atoms with Gasteiger partial charge in [0.2, 0.25) is 0 Å². The summed E-state index contributed by atoms with van der Waals surface area (Å²) in [6.07, 6.45) is -3.51. The fraction of sp³-hybridized carbons (Fsp3) is 0.200. The smallest absolute Gasteiger partial charge is 0.327 e. The van der Waals surface area contributed by atoms with Gasteiger partial charge < -0.3 is 10.6 Å². The normalized spacial score (nSPS) is 16.9. The molecule has 3 aromatic rings. The molecule has 0 fully saturated rings. The van der Waals surface area contributed by atoms with Gasteiger partial charge in [0, 0.05) is 33.9 Å². The van der Waals surface area contributed by atoms with Gasteiger partial charge in [-0.15, -0.1) is 0 Å². The van der Waals surface area contributed by atoms with Gasteiger partial charge in [-0.1, -0.05) is 17.7 Å². The number of halogens is 6. The van der Waals surface area contributed by atoms with E-state index in [4.69, 9.17) is 11.6 Å². The minimum absolute atomic E-state index is 0.161. The first-order chi connectivity index (χ1) is 17.0. The van der Waals surface area contributed by atoms with E-state index in [1.807, 2.05) is 0 Å². The molecule has 0 saturated heterocycles. The lowest BCUT2D eigenvalue weighted by molar-refractivity contribution is -0.137. The average molecular weight is 522 g/mol. The van der Waals surface area contributed by atoms with E-state index in [-0.39, 0.29) is 16.3 Å². The second kappa shape index (κ2) is 8.77. The quantitative estimate of drug-likeness (QED) is 0.389. The van der Waals surface area contributed by atoms with E-state index in [1.165, 1.54) is 17.0 Å². The molecule has 3 amide bonds. The molecule has 1 unspecified atom stereocenters. The fourth-order valence-corrected chi connectivity index (χ4v) is 4.87. The highest BCUT2D eigenvalue weighted by Gasteiger charge is 2.38. The topological polar surface area (TPSA) is 61.4 Å². The summed E-state index contributed by atoms with van der Waals surface area (Å²) in [7, 11) is 0. The van der Waals surface area contributed by atoms with E-state index in [0.29, 0.717) is 48.8 Å². The number of nitrogens with one attached hydrogen (secondary N) is 2. The van der Waals surface area contributed by atoms with Crippen molar-refractivity contribution in [3.05, 3.63) is 93.0 Å². The Morgan fingerprint density at radius 2 is 1.83 bits per heavy atom. The van der Waals surface area contributed by atoms with Crippen molar-refractivity contribution in [1.29, 1.82) is 0 Å². The van der Waals surface area contributed by atoms with Gasteiger partial charge in [0.15, 0.2) is 0 Å². The number of rotatable bonds is 3. The van der Waals surface area contributed by atoms with Crippen molar-refractivity contribution in [3.63, 3.8) is 0 Å². The third kappa shape index (κ3) is 4.26. The Morgan fingerprint density at radius 3 is 2.58 bits per heavy atom. The van der Waals surface area contributed by atoms with Crippen LogP contribution in [0, 0.1) is 11.6 Å². The highest BCUT2D eigenvalue weighted by Crippen LogP contribution is 2.45. The molecule has 3 aromatic carbocycles. The maximum atomic E-state index is 14.1. The van der Waals surface area contributed by atoms with Gasteiger partial charge in [-0.25, -0.2) is 13.6 Å². The van der Waals surface area contributed by atoms with Crippen molar-refractivity contribution in [3.8, 4) is 0 Å². The van der Waals surface area contributed by atoms with Crippen LogP contribution in [-0.2, 0) is 12.6 Å². The third-order valence-corrected chi connectivity index (χ3v) is 6.55. The lowest BCUT2D eigenvalue weighted by Gasteiger charge is -2.40. The van der Waals surface area contributed by atoms with Gasteiger partial charge in [0.05, 0.1) is 17.3 Å². The summed E-state index contributed by atoms with van der Waals surface area (Å²) >= 11 is 6.33. The molecule has 0 saturated carbocycles. The van der Waals surface area contributed by atoms with Crippen LogP contribution in [-0.4, -0.2) is 18.5 Å². The Balaban J connectivity index is 1.63. The Kier molecular flexibility index (Phi) is 5.86. The van der Waals surface area contributed by atoms with Gasteiger partial charge in [-0.2, -0.15) is 13.2 Å². The Bertz CT molecular complexity index is 1410. The minimum Gasteiger partial charge on any atom is -0.327 e. The van der Waals surface area contributed by atoms with Gasteiger partial charge in [0.25, 0.3) is 5.91 Å². The van der Waals surface area contributed by atoms with Crippen LogP contribution in [0.25, 0.3) is 0 Å². The number of aryl methyl sites for hydroxylation is 1. The fourth-order valence-electron chi connectivity index (χ4n) is 4.64. The van der Waals surface area contributed by atoms with Crippen molar-refractivity contribution in [2.24, 2.45) is 0 Å². The minimum atomic E-state index is -4.85. The number of benzene rings is 3. The summed E-state index contributed by atoms with van der Waals surface area (Å²) in [5, 5.41) is 5.50. The number of anilines is 2. The molecule has 2 heterocycles. The summed E-state index contributed by atoms with van der Waals surface area (Å²) < 4.78 is 67.5. The predicted molar refractivity (Wildman–Crippen MR) is 123 cm³/mol. The van der Waals surface area contributed by atoms with Crippen LogP contribution in [0.2, 0.25) is 5.02 Å². The van der Waals surface area contributed by atoms with Gasteiger partial charge in [-0.3, -0.25) is 9.69 Å². The van der Waals surface area contributed by atoms with E-state index >= 15 is 0 Å². The number of hydrogen-bond acceptors (Lipinski definition) is 2. The maximum absolute atomic E-state index is 14.1. The third-order valence-electron chi connectivity index (χ3n) is 6.20. The van der Waals surface area contributed by atoms with Crippen LogP contribution >= 0.6 is 11.6 Å². The number of carbonyl (C=O) groups excluding carboxylic acids is 2. The second-order valence-corrected chi connectivity index (χ2v) is 8.93. The Morgan fingerprint density at radius 1 is 1.06 bits per heavy atom. The largest absolute Gasteiger partial charge is 0.416 e. The maximum Gasteiger partial charge on any atom is 0.416 e. The van der Waals surface area contributed by atoms with Crippen LogP contribution in [0.5, 0.6) is 0 Å². The standard InChI is InChI=1S/C25H17ClF5N3O2/c26-18-5-4-15(27)11-17(18)21-20-19(6-3-12-2-1-7-34(22(12)20)24(36)33-21)32-23(35)13-8-14(25(29,30)31)10-16(28)9-13/h3-6,8-11,21H,1-2,7H2,(H,32,35)(H,33,36). The molecule has 0 spiro atoms. The second-order valence-electron chi connectivity index (χ2n) is 8.52. The molecule has 0 radical (unpaired) electrons. The molecule has 5 rings (SSSR count). The Hall–Kier alpha value is -3.66. The SMILES string of the molecule is O=C(Nc1ccc2c3c1C(c1cc(F)ccc1Cl)NC(=O)N3CCC2)c1cc(F)cc(C(F)(F)F)c1. The van der Waals surface area contributed by atoms with Crippen LogP contribution in [0.4, 0.5) is 38.1 Å². The van der Waals surface area contributed by atoms with Crippen molar-refractivity contribution in [2.45, 2.75) is 25.1 Å². The average Bonchev–Trinajstić information content (AvgIpc) is 2.82. The molecule has 11 heteroatoms. The van der Waals surface area contributed by atoms with Gasteiger partial charge >= 0.3 is 12.2 Å². The summed E-state index contributed by atoms with van der Waals surface area (Å²) in [5.74, 6) is -2.80. The summed E-state index contributed by atoms with van der Waals surface area (Å²) in [6, 6.07) is 7.08. The first kappa shape index (κ1) is 24.1. The summed E-state index contributed by atoms with van der Waals surface area (Å²) in [5.41, 5.74) is 0.291. The first-order valence-electron chi connectivity index (χ1n) is 10.9. The van der Waals surface area contributed by atoms with E-state index in [1.54, 1.807) is 12.1 Å². The molecule has 186 valence electrons. The van der Waals surface area contributed by atoms with Crippen molar-refractivity contribution < 1.29 is 31.5 Å². The lowest BCUT2D eigenvalue weighted by atomic mass is 9.87. The zero-order valence-corrected chi connectivity index (χ0v) is 19.1. The zero-order valence-electron chi connectivity index (χ0n) is 18.3. The highest BCUT2D eigenvalue weighted by atomic mass is 35.5. The number of urea groups is 1. The van der Waals surface area contributed by atoms with Gasteiger partial charge in [-0.05, 0) is 60.9 Å². The number of amides is 3. The number of carbonyl (C=O) groups is 2. The molecular weight excluding hydrogens is 505 g/mol. The molecule has 0 aliphatic carbocycles. The van der Waals surface area contributed by atoms with Gasteiger partial charge in [0.1, 0.15) is 11.6 Å². The van der Waals surface area contributed by atoms with E-state index in [0.717, 1.165) is 11.6 Å². The highest BCUT2D eigenvalue weighted by molar-refractivity contribution is 6.31. The molecule has 2 aliphatic rings. The molecule has 2 N–H and O–H groups in total. The van der Waals surface area contributed by atoms with Crippen molar-refractivity contribution >= 4 is 34.9 Å². The molecule has 1 atom stereocenters. The summed E-state index contributed by atoms with van der Waals surface area (Å²) in [4.78, 5) is 27.4. The number of alkyl halides is 3. The van der Waals surface area contributed by atoms with E-state index < -0.39 is 46.9 Å². The Labute approximate surface area is 206 Å². The van der Waals surface area contributed by atoms with Crippen LogP contribution in [0.3, 0.4) is 0 Å². The van der Waals surface area contributed by atoms with Crippen LogP contribution < -0.4 is 15.5 Å². The van der Waals surface area contributed by atoms with Crippen LogP contribution in [0.15, 0.2) is 48.5 Å². The molecular formula is C25H17ClF5N3O2. The monoisotopic (exact) mass is 521 g/mol. The van der Waals surface area contributed by atoms with Crippen molar-refractivity contribution in [1.82, 2.24) is 5.32 Å². The number of hydrogen-bond donors (Lipinski definition) is 2. The summed E-state index contributed by atoms with van der Waals surface area (Å²) in [6.45, 7) is 0.395. The molecule has 2 aliphatic heterocycles. The predicted octanol–water partition coefficient (Wildman–Crippen LogP) is 6.45. The number of nitrogens with zero attached hydrogens (tertiary/aromatic N) is 1.